The average Bonchev–Trinajstić information content (AvgIpc) is 2.50. The fourth-order valence-corrected chi connectivity index (χ4v) is 4.06. The zero-order valence-corrected chi connectivity index (χ0v) is 14.0. The number of halogens is 3. The molecule has 1 aliphatic rings. The molecule has 4 nitrogen and oxygen atoms in total. The minimum Gasteiger partial charge on any atom is -0.371 e. The Balaban J connectivity index is 1.57. The normalized spacial score (nSPS) is 16.1. The first-order valence-corrected chi connectivity index (χ1v) is 8.99. The van der Waals surface area contributed by atoms with E-state index >= 15 is 0 Å². The van der Waals surface area contributed by atoms with Crippen molar-refractivity contribution in [1.82, 2.24) is 4.31 Å². The minimum atomic E-state index is -3.71. The number of sulfonamides is 1. The van der Waals surface area contributed by atoms with E-state index in [-0.39, 0.29) is 41.5 Å². The summed E-state index contributed by atoms with van der Waals surface area (Å²) in [5.74, 6) is -0.989. The summed E-state index contributed by atoms with van der Waals surface area (Å²) in [5, 5.41) is -0.235. The van der Waals surface area contributed by atoms with Crippen LogP contribution in [0.3, 0.4) is 0 Å². The Morgan fingerprint density at radius 1 is 1.12 bits per heavy atom. The third-order valence-corrected chi connectivity index (χ3v) is 5.86. The SMILES string of the molecule is O=S(=O)(c1ccc(F)c(Cl)c1)N1CC(OCc2ccc(F)cc2)C1. The predicted molar refractivity (Wildman–Crippen MR) is 85.1 cm³/mol. The van der Waals surface area contributed by atoms with Crippen molar-refractivity contribution < 1.29 is 21.9 Å². The number of benzene rings is 2. The summed E-state index contributed by atoms with van der Waals surface area (Å²) in [6, 6.07) is 9.22. The molecule has 0 atom stereocenters. The maximum atomic E-state index is 13.1. The van der Waals surface area contributed by atoms with Crippen LogP contribution in [0.4, 0.5) is 8.78 Å². The van der Waals surface area contributed by atoms with E-state index in [1.807, 2.05) is 0 Å². The maximum absolute atomic E-state index is 13.1. The van der Waals surface area contributed by atoms with Crippen LogP contribution in [0.2, 0.25) is 5.02 Å². The monoisotopic (exact) mass is 373 g/mol. The Bertz CT molecular complexity index is 837. The quantitative estimate of drug-likeness (QED) is 0.808. The molecule has 0 bridgehead atoms. The van der Waals surface area contributed by atoms with Crippen LogP contribution in [0.25, 0.3) is 0 Å². The molecule has 1 saturated heterocycles. The molecule has 8 heteroatoms. The van der Waals surface area contributed by atoms with Crippen molar-refractivity contribution in [1.29, 1.82) is 0 Å². The van der Waals surface area contributed by atoms with Crippen molar-refractivity contribution >= 4 is 21.6 Å². The Labute approximate surface area is 143 Å². The highest BCUT2D eigenvalue weighted by Gasteiger charge is 2.37. The first-order valence-electron chi connectivity index (χ1n) is 7.17. The van der Waals surface area contributed by atoms with Crippen molar-refractivity contribution in [2.45, 2.75) is 17.6 Å². The molecule has 1 aliphatic heterocycles. The molecule has 3 rings (SSSR count). The highest BCUT2D eigenvalue weighted by Crippen LogP contribution is 2.26. The number of rotatable bonds is 5. The van der Waals surface area contributed by atoms with E-state index in [9.17, 15) is 17.2 Å². The van der Waals surface area contributed by atoms with Crippen LogP contribution in [-0.2, 0) is 21.4 Å². The lowest BCUT2D eigenvalue weighted by Crippen LogP contribution is -2.54. The van der Waals surface area contributed by atoms with Gasteiger partial charge >= 0.3 is 0 Å². The van der Waals surface area contributed by atoms with Crippen molar-refractivity contribution in [3.05, 3.63) is 64.7 Å². The van der Waals surface area contributed by atoms with Crippen LogP contribution in [0, 0.1) is 11.6 Å². The zero-order valence-electron chi connectivity index (χ0n) is 12.5. The lowest BCUT2D eigenvalue weighted by molar-refractivity contribution is -0.0295. The van der Waals surface area contributed by atoms with Gasteiger partial charge in [0, 0.05) is 13.1 Å². The molecule has 1 fully saturated rings. The van der Waals surface area contributed by atoms with Crippen LogP contribution < -0.4 is 0 Å². The van der Waals surface area contributed by atoms with Crippen LogP contribution in [0.15, 0.2) is 47.4 Å². The van der Waals surface area contributed by atoms with E-state index in [0.717, 1.165) is 17.7 Å². The fraction of sp³-hybridized carbons (Fsp3) is 0.250. The molecular formula is C16H14ClF2NO3S. The summed E-state index contributed by atoms with van der Waals surface area (Å²) >= 11 is 5.63. The van der Waals surface area contributed by atoms with Crippen LogP contribution in [0.1, 0.15) is 5.56 Å². The summed E-state index contributed by atoms with van der Waals surface area (Å²) in [4.78, 5) is -0.0501. The standard InChI is InChI=1S/C16H14ClF2NO3S/c17-15-7-14(5-6-16(15)19)24(21,22)20-8-13(9-20)23-10-11-1-3-12(18)4-2-11/h1-7,13H,8-10H2. The second kappa shape index (κ2) is 6.76. The van der Waals surface area contributed by atoms with Gasteiger partial charge in [-0.15, -0.1) is 0 Å². The van der Waals surface area contributed by atoms with E-state index in [4.69, 9.17) is 16.3 Å². The van der Waals surface area contributed by atoms with Crippen molar-refractivity contribution in [3.63, 3.8) is 0 Å². The average molecular weight is 374 g/mol. The highest BCUT2D eigenvalue weighted by atomic mass is 35.5. The van der Waals surface area contributed by atoms with Crippen LogP contribution >= 0.6 is 11.6 Å². The molecule has 0 N–H and O–H groups in total. The Morgan fingerprint density at radius 2 is 1.79 bits per heavy atom. The van der Waals surface area contributed by atoms with Gasteiger partial charge in [0.1, 0.15) is 11.6 Å². The zero-order chi connectivity index (χ0) is 17.3. The molecule has 24 heavy (non-hydrogen) atoms. The molecule has 0 unspecified atom stereocenters. The second-order valence-electron chi connectivity index (χ2n) is 5.46. The molecule has 128 valence electrons. The van der Waals surface area contributed by atoms with Crippen LogP contribution in [-0.4, -0.2) is 31.9 Å². The van der Waals surface area contributed by atoms with Gasteiger partial charge in [0.15, 0.2) is 0 Å². The smallest absolute Gasteiger partial charge is 0.243 e. The molecule has 0 spiro atoms. The first kappa shape index (κ1) is 17.3. The highest BCUT2D eigenvalue weighted by molar-refractivity contribution is 7.89. The van der Waals surface area contributed by atoms with E-state index in [2.05, 4.69) is 0 Å². The van der Waals surface area contributed by atoms with E-state index in [1.54, 1.807) is 12.1 Å². The molecule has 0 aliphatic carbocycles. The molecule has 0 saturated carbocycles. The lowest BCUT2D eigenvalue weighted by atomic mass is 10.2. The van der Waals surface area contributed by atoms with Gasteiger partial charge in [-0.3, -0.25) is 0 Å². The molecule has 0 aromatic heterocycles. The maximum Gasteiger partial charge on any atom is 0.243 e. The largest absolute Gasteiger partial charge is 0.371 e. The second-order valence-corrected chi connectivity index (χ2v) is 7.80. The Hall–Kier alpha value is -1.54. The van der Waals surface area contributed by atoms with Crippen molar-refractivity contribution in [2.24, 2.45) is 0 Å². The van der Waals surface area contributed by atoms with E-state index < -0.39 is 15.8 Å². The minimum absolute atomic E-state index is 0.0501. The lowest BCUT2D eigenvalue weighted by Gasteiger charge is -2.37. The van der Waals surface area contributed by atoms with Gasteiger partial charge in [-0.25, -0.2) is 17.2 Å². The van der Waals surface area contributed by atoms with Gasteiger partial charge in [-0.1, -0.05) is 23.7 Å². The summed E-state index contributed by atoms with van der Waals surface area (Å²) in [7, 11) is -3.71. The van der Waals surface area contributed by atoms with E-state index in [0.29, 0.717) is 0 Å². The number of hydrogen-bond donors (Lipinski definition) is 0. The number of nitrogens with zero attached hydrogens (tertiary/aromatic N) is 1. The van der Waals surface area contributed by atoms with E-state index in [1.165, 1.54) is 22.5 Å². The van der Waals surface area contributed by atoms with Gasteiger partial charge in [-0.05, 0) is 35.9 Å². The molecule has 2 aromatic carbocycles. The van der Waals surface area contributed by atoms with Gasteiger partial charge in [0.05, 0.1) is 22.6 Å². The third-order valence-electron chi connectivity index (χ3n) is 3.74. The topological polar surface area (TPSA) is 46.6 Å². The number of hydrogen-bond acceptors (Lipinski definition) is 3. The van der Waals surface area contributed by atoms with Crippen molar-refractivity contribution in [2.75, 3.05) is 13.1 Å². The van der Waals surface area contributed by atoms with Gasteiger partial charge in [-0.2, -0.15) is 4.31 Å². The molecule has 0 radical (unpaired) electrons. The fourth-order valence-electron chi connectivity index (χ4n) is 2.28. The molecule has 0 amide bonds. The van der Waals surface area contributed by atoms with Crippen LogP contribution in [0.5, 0.6) is 0 Å². The summed E-state index contributed by atoms with van der Waals surface area (Å²) in [6.45, 7) is 0.693. The van der Waals surface area contributed by atoms with Gasteiger partial charge < -0.3 is 4.74 Å². The summed E-state index contributed by atoms with van der Waals surface area (Å²) in [6.07, 6.45) is -0.235. The molecule has 2 aromatic rings. The summed E-state index contributed by atoms with van der Waals surface area (Å²) < 4.78 is 57.6. The summed E-state index contributed by atoms with van der Waals surface area (Å²) in [5.41, 5.74) is 0.808. The predicted octanol–water partition coefficient (Wildman–Crippen LogP) is 3.21. The Morgan fingerprint density at radius 3 is 2.42 bits per heavy atom. The Kier molecular flexibility index (Phi) is 4.87. The number of ether oxygens (including phenoxy) is 1. The van der Waals surface area contributed by atoms with Gasteiger partial charge in [0.25, 0.3) is 0 Å². The van der Waals surface area contributed by atoms with Crippen molar-refractivity contribution in [3.8, 4) is 0 Å². The first-order chi connectivity index (χ1) is 11.4. The van der Waals surface area contributed by atoms with Gasteiger partial charge in [0.2, 0.25) is 10.0 Å². The molecule has 1 heterocycles. The molecular weight excluding hydrogens is 360 g/mol. The third kappa shape index (κ3) is 3.59.